The third-order valence-corrected chi connectivity index (χ3v) is 13.0. The van der Waals surface area contributed by atoms with Gasteiger partial charge in [-0.1, -0.05) is 281 Å². The second kappa shape index (κ2) is 57.7. The van der Waals surface area contributed by atoms with Gasteiger partial charge in [0.1, 0.15) is 13.2 Å². The van der Waals surface area contributed by atoms with E-state index in [-0.39, 0.29) is 31.1 Å². The SMILES string of the molecule is CC/C=C\C/C=C\C/C=C\C/C=C\C/C=C\CCCCCCCCCC(=O)OCC(COC(=O)CCCCCCCCCCC)OC(=O)CCCCCCCCCCCCCCCCCCCCC. The maximum atomic E-state index is 12.9. The van der Waals surface area contributed by atoms with Gasteiger partial charge < -0.3 is 14.2 Å². The summed E-state index contributed by atoms with van der Waals surface area (Å²) in [4.78, 5) is 38.1. The van der Waals surface area contributed by atoms with Crippen molar-refractivity contribution in [2.45, 2.75) is 309 Å². The maximum Gasteiger partial charge on any atom is 0.306 e. The number of unbranched alkanes of at least 4 members (excludes halogenated alkanes) is 33. The Balaban J connectivity index is 4.25. The van der Waals surface area contributed by atoms with Gasteiger partial charge in [0.25, 0.3) is 0 Å². The van der Waals surface area contributed by atoms with Gasteiger partial charge in [0.05, 0.1) is 0 Å². The third kappa shape index (κ3) is 55.9. The minimum absolute atomic E-state index is 0.0739. The molecule has 0 aliphatic heterocycles. The van der Waals surface area contributed by atoms with Crippen molar-refractivity contribution in [1.82, 2.24) is 0 Å². The highest BCUT2D eigenvalue weighted by atomic mass is 16.6. The van der Waals surface area contributed by atoms with Crippen molar-refractivity contribution in [2.75, 3.05) is 13.2 Å². The van der Waals surface area contributed by atoms with E-state index in [1.165, 1.54) is 167 Å². The second-order valence-electron chi connectivity index (χ2n) is 19.9. The van der Waals surface area contributed by atoms with Crippen LogP contribution in [0.3, 0.4) is 0 Å². The first-order chi connectivity index (χ1) is 34.0. The fourth-order valence-electron chi connectivity index (χ4n) is 8.59. The smallest absolute Gasteiger partial charge is 0.306 e. The highest BCUT2D eigenvalue weighted by Gasteiger charge is 2.19. The van der Waals surface area contributed by atoms with Gasteiger partial charge in [0, 0.05) is 19.3 Å². The molecule has 0 saturated heterocycles. The van der Waals surface area contributed by atoms with Crippen molar-refractivity contribution in [1.29, 1.82) is 0 Å². The zero-order chi connectivity index (χ0) is 50.0. The molecule has 0 saturated carbocycles. The van der Waals surface area contributed by atoms with Crippen LogP contribution >= 0.6 is 0 Å². The van der Waals surface area contributed by atoms with Crippen LogP contribution in [0.5, 0.6) is 0 Å². The Morgan fingerprint density at radius 1 is 0.304 bits per heavy atom. The van der Waals surface area contributed by atoms with Gasteiger partial charge in [-0.2, -0.15) is 0 Å². The van der Waals surface area contributed by atoms with Crippen LogP contribution in [0.2, 0.25) is 0 Å². The fraction of sp³-hybridized carbons (Fsp3) is 0.794. The van der Waals surface area contributed by atoms with Gasteiger partial charge in [-0.25, -0.2) is 0 Å². The van der Waals surface area contributed by atoms with Crippen LogP contribution in [0.4, 0.5) is 0 Å². The summed E-state index contributed by atoms with van der Waals surface area (Å²) < 4.78 is 16.9. The molecule has 6 heteroatoms. The molecule has 0 aromatic carbocycles. The van der Waals surface area contributed by atoms with Gasteiger partial charge in [0.15, 0.2) is 6.10 Å². The molecule has 0 N–H and O–H groups in total. The third-order valence-electron chi connectivity index (χ3n) is 13.0. The lowest BCUT2D eigenvalue weighted by molar-refractivity contribution is -0.167. The highest BCUT2D eigenvalue weighted by molar-refractivity contribution is 5.71. The van der Waals surface area contributed by atoms with E-state index in [0.29, 0.717) is 19.3 Å². The lowest BCUT2D eigenvalue weighted by atomic mass is 10.0. The van der Waals surface area contributed by atoms with Gasteiger partial charge in [-0.15, -0.1) is 0 Å². The molecule has 0 aliphatic carbocycles. The molecule has 0 heterocycles. The number of rotatable bonds is 54. The summed E-state index contributed by atoms with van der Waals surface area (Å²) in [6.45, 7) is 6.53. The zero-order valence-corrected chi connectivity index (χ0v) is 45.8. The summed E-state index contributed by atoms with van der Waals surface area (Å²) in [6.07, 6.45) is 72.2. The number of carbonyl (C=O) groups excluding carboxylic acids is 3. The number of allylic oxidation sites excluding steroid dienone is 10. The summed E-state index contributed by atoms with van der Waals surface area (Å²) >= 11 is 0. The molecule has 0 fully saturated rings. The average molecular weight is 966 g/mol. The van der Waals surface area contributed by atoms with Crippen molar-refractivity contribution in [2.24, 2.45) is 0 Å². The molecule has 0 aromatic heterocycles. The standard InChI is InChI=1S/C63H112O6/c1-4-7-10-13-16-19-21-23-25-27-29-30-31-32-34-35-37-39-41-44-47-50-53-56-62(65)68-59-60(58-67-61(64)55-52-49-46-43-18-15-12-9-6-3)69-63(66)57-54-51-48-45-42-40-38-36-33-28-26-24-22-20-17-14-11-8-5-2/h7,10,16,19,23,25,29-30,32,34,60H,4-6,8-9,11-15,17-18,20-22,24,26-28,31,33,35-59H2,1-3H3/b10-7-,19-16-,25-23-,30-29-,34-32-. The molecule has 6 nitrogen and oxygen atoms in total. The molecule has 400 valence electrons. The topological polar surface area (TPSA) is 78.9 Å². The quantitative estimate of drug-likeness (QED) is 0.0262. The Bertz CT molecular complexity index is 1250. The molecule has 0 aliphatic rings. The van der Waals surface area contributed by atoms with E-state index in [4.69, 9.17) is 14.2 Å². The first kappa shape index (κ1) is 66.1. The van der Waals surface area contributed by atoms with Crippen molar-refractivity contribution in [3.8, 4) is 0 Å². The van der Waals surface area contributed by atoms with E-state index in [1.807, 2.05) is 0 Å². The molecule has 0 radical (unpaired) electrons. The number of esters is 3. The number of carbonyl (C=O) groups is 3. The Kier molecular flexibility index (Phi) is 55.3. The Labute approximate surface area is 428 Å². The lowest BCUT2D eigenvalue weighted by Gasteiger charge is -2.18. The van der Waals surface area contributed by atoms with E-state index in [0.717, 1.165) is 96.3 Å². The molecular weight excluding hydrogens is 853 g/mol. The van der Waals surface area contributed by atoms with Crippen LogP contribution < -0.4 is 0 Å². The van der Waals surface area contributed by atoms with E-state index < -0.39 is 6.10 Å². The molecule has 1 unspecified atom stereocenters. The predicted molar refractivity (Wildman–Crippen MR) is 298 cm³/mol. The van der Waals surface area contributed by atoms with E-state index >= 15 is 0 Å². The molecular formula is C63H112O6. The number of hydrogen-bond donors (Lipinski definition) is 0. The molecule has 0 rings (SSSR count). The largest absolute Gasteiger partial charge is 0.462 e. The monoisotopic (exact) mass is 965 g/mol. The average Bonchev–Trinajstić information content (AvgIpc) is 3.35. The van der Waals surface area contributed by atoms with Crippen LogP contribution in [0, 0.1) is 0 Å². The first-order valence-corrected chi connectivity index (χ1v) is 29.8. The van der Waals surface area contributed by atoms with Crippen LogP contribution in [-0.2, 0) is 28.6 Å². The fourth-order valence-corrected chi connectivity index (χ4v) is 8.59. The van der Waals surface area contributed by atoms with Crippen molar-refractivity contribution in [3.63, 3.8) is 0 Å². The number of ether oxygens (including phenoxy) is 3. The molecule has 0 aromatic rings. The first-order valence-electron chi connectivity index (χ1n) is 29.8. The number of hydrogen-bond acceptors (Lipinski definition) is 6. The van der Waals surface area contributed by atoms with Crippen molar-refractivity contribution < 1.29 is 28.6 Å². The van der Waals surface area contributed by atoms with E-state index in [9.17, 15) is 14.4 Å². The highest BCUT2D eigenvalue weighted by Crippen LogP contribution is 2.17. The Morgan fingerprint density at radius 2 is 0.565 bits per heavy atom. The minimum Gasteiger partial charge on any atom is -0.462 e. The molecule has 0 bridgehead atoms. The van der Waals surface area contributed by atoms with E-state index in [2.05, 4.69) is 81.5 Å². The Hall–Kier alpha value is -2.89. The molecule has 0 spiro atoms. The zero-order valence-electron chi connectivity index (χ0n) is 45.8. The van der Waals surface area contributed by atoms with Gasteiger partial charge >= 0.3 is 17.9 Å². The van der Waals surface area contributed by atoms with Crippen LogP contribution in [-0.4, -0.2) is 37.2 Å². The second-order valence-corrected chi connectivity index (χ2v) is 19.9. The van der Waals surface area contributed by atoms with Gasteiger partial charge in [-0.3, -0.25) is 14.4 Å². The molecule has 0 amide bonds. The van der Waals surface area contributed by atoms with E-state index in [1.54, 1.807) is 0 Å². The maximum absolute atomic E-state index is 12.9. The molecule has 1 atom stereocenters. The summed E-state index contributed by atoms with van der Waals surface area (Å²) in [5.74, 6) is -0.873. The van der Waals surface area contributed by atoms with Gasteiger partial charge in [0.2, 0.25) is 0 Å². The van der Waals surface area contributed by atoms with Crippen molar-refractivity contribution in [3.05, 3.63) is 60.8 Å². The summed E-state index contributed by atoms with van der Waals surface area (Å²) in [5.41, 5.74) is 0. The van der Waals surface area contributed by atoms with Crippen molar-refractivity contribution >= 4 is 17.9 Å². The predicted octanol–water partition coefficient (Wildman–Crippen LogP) is 20.0. The summed E-state index contributed by atoms with van der Waals surface area (Å²) in [6, 6.07) is 0. The van der Waals surface area contributed by atoms with Gasteiger partial charge in [-0.05, 0) is 64.2 Å². The van der Waals surface area contributed by atoms with Crippen LogP contribution in [0.25, 0.3) is 0 Å². The summed E-state index contributed by atoms with van der Waals surface area (Å²) in [5, 5.41) is 0. The van der Waals surface area contributed by atoms with Crippen LogP contribution in [0.1, 0.15) is 303 Å². The summed E-state index contributed by atoms with van der Waals surface area (Å²) in [7, 11) is 0. The normalized spacial score (nSPS) is 12.4. The minimum atomic E-state index is -0.775. The molecule has 69 heavy (non-hydrogen) atoms. The lowest BCUT2D eigenvalue weighted by Crippen LogP contribution is -2.30. The Morgan fingerprint density at radius 3 is 0.884 bits per heavy atom. The van der Waals surface area contributed by atoms with Crippen LogP contribution in [0.15, 0.2) is 60.8 Å².